The Hall–Kier alpha value is -0.690. The van der Waals surface area contributed by atoms with Gasteiger partial charge in [0.1, 0.15) is 6.10 Å². The fraction of sp³-hybridized carbons (Fsp3) is 0.875. The summed E-state index contributed by atoms with van der Waals surface area (Å²) in [6, 6.07) is -0.620. The van der Waals surface area contributed by atoms with Gasteiger partial charge in [0.2, 0.25) is 5.91 Å². The maximum absolute atomic E-state index is 10.7. The highest BCUT2D eigenvalue weighted by molar-refractivity contribution is 5.73. The zero-order chi connectivity index (χ0) is 10.7. The van der Waals surface area contributed by atoms with E-state index in [0.29, 0.717) is 0 Å². The van der Waals surface area contributed by atoms with E-state index in [9.17, 15) is 15.0 Å². The molecule has 0 spiro atoms. The maximum Gasteiger partial charge on any atom is 0.217 e. The van der Waals surface area contributed by atoms with Crippen LogP contribution in [0, 0.1) is 0 Å². The molecule has 0 saturated carbocycles. The number of amides is 1. The molecule has 14 heavy (non-hydrogen) atoms. The lowest BCUT2D eigenvalue weighted by atomic mass is 10.0. The van der Waals surface area contributed by atoms with E-state index >= 15 is 0 Å². The average molecular weight is 205 g/mol. The van der Waals surface area contributed by atoms with Crippen molar-refractivity contribution >= 4 is 5.91 Å². The number of hydrogen-bond acceptors (Lipinski definition) is 5. The van der Waals surface area contributed by atoms with Gasteiger partial charge in [0.15, 0.2) is 6.29 Å². The minimum Gasteiger partial charge on any atom is -0.394 e. The van der Waals surface area contributed by atoms with Gasteiger partial charge >= 0.3 is 0 Å². The Morgan fingerprint density at radius 2 is 2.21 bits per heavy atom. The van der Waals surface area contributed by atoms with Crippen molar-refractivity contribution in [1.29, 1.82) is 0 Å². The smallest absolute Gasteiger partial charge is 0.217 e. The van der Waals surface area contributed by atoms with Crippen LogP contribution in [0.5, 0.6) is 0 Å². The van der Waals surface area contributed by atoms with Gasteiger partial charge in [-0.2, -0.15) is 0 Å². The van der Waals surface area contributed by atoms with Gasteiger partial charge in [0.05, 0.1) is 18.8 Å². The van der Waals surface area contributed by atoms with Gasteiger partial charge in [-0.15, -0.1) is 0 Å². The van der Waals surface area contributed by atoms with Crippen LogP contribution >= 0.6 is 0 Å². The Labute approximate surface area is 81.5 Å². The quantitative estimate of drug-likeness (QED) is 0.416. The van der Waals surface area contributed by atoms with Gasteiger partial charge in [0.25, 0.3) is 0 Å². The van der Waals surface area contributed by atoms with Crippen LogP contribution in [0.3, 0.4) is 0 Å². The SMILES string of the molecule is CC(=O)NC1CC(O)[C@@H](CO)O[C@H]1O. The lowest BCUT2D eigenvalue weighted by Crippen LogP contribution is -2.55. The molecule has 0 aromatic carbocycles. The van der Waals surface area contributed by atoms with Gasteiger partial charge in [-0.25, -0.2) is 0 Å². The fourth-order valence-corrected chi connectivity index (χ4v) is 1.45. The summed E-state index contributed by atoms with van der Waals surface area (Å²) in [6.45, 7) is 0.961. The highest BCUT2D eigenvalue weighted by Crippen LogP contribution is 2.18. The summed E-state index contributed by atoms with van der Waals surface area (Å²) < 4.78 is 4.90. The van der Waals surface area contributed by atoms with E-state index in [0.717, 1.165) is 0 Å². The summed E-state index contributed by atoms with van der Waals surface area (Å²) >= 11 is 0. The van der Waals surface area contributed by atoms with Crippen molar-refractivity contribution in [3.63, 3.8) is 0 Å². The molecule has 0 aromatic heterocycles. The second kappa shape index (κ2) is 4.70. The standard InChI is InChI=1S/C8H15NO5/c1-4(11)9-5-2-6(12)7(3-10)14-8(5)13/h5-8,10,12-13H,2-3H2,1H3,(H,9,11)/t5?,6?,7-,8-/m1/s1. The van der Waals surface area contributed by atoms with E-state index < -0.39 is 24.5 Å². The monoisotopic (exact) mass is 205 g/mol. The Kier molecular flexibility index (Phi) is 3.82. The first-order valence-electron chi connectivity index (χ1n) is 4.44. The maximum atomic E-state index is 10.7. The molecule has 1 aliphatic heterocycles. The van der Waals surface area contributed by atoms with Crippen molar-refractivity contribution in [1.82, 2.24) is 5.32 Å². The van der Waals surface area contributed by atoms with Gasteiger partial charge in [0, 0.05) is 13.3 Å². The third-order valence-electron chi connectivity index (χ3n) is 2.15. The highest BCUT2D eigenvalue weighted by Gasteiger charge is 2.36. The zero-order valence-corrected chi connectivity index (χ0v) is 7.88. The molecular formula is C8H15NO5. The van der Waals surface area contributed by atoms with E-state index in [4.69, 9.17) is 9.84 Å². The minimum atomic E-state index is -1.18. The molecule has 1 saturated heterocycles. The van der Waals surface area contributed by atoms with E-state index in [1.54, 1.807) is 0 Å². The molecule has 0 radical (unpaired) electrons. The summed E-state index contributed by atoms with van der Waals surface area (Å²) in [5, 5.41) is 30.0. The molecule has 4 atom stereocenters. The number of nitrogens with one attached hydrogen (secondary N) is 1. The van der Waals surface area contributed by atoms with Crippen molar-refractivity contribution in [3.05, 3.63) is 0 Å². The summed E-state index contributed by atoms with van der Waals surface area (Å²) in [6.07, 6.45) is -2.67. The van der Waals surface area contributed by atoms with Crippen LogP contribution in [0.1, 0.15) is 13.3 Å². The number of aliphatic hydroxyl groups excluding tert-OH is 3. The fourth-order valence-electron chi connectivity index (χ4n) is 1.45. The van der Waals surface area contributed by atoms with Crippen LogP contribution in [0.2, 0.25) is 0 Å². The van der Waals surface area contributed by atoms with Crippen molar-refractivity contribution < 1.29 is 24.9 Å². The number of hydrogen-bond donors (Lipinski definition) is 4. The van der Waals surface area contributed by atoms with E-state index in [1.165, 1.54) is 6.92 Å². The van der Waals surface area contributed by atoms with E-state index in [2.05, 4.69) is 5.32 Å². The van der Waals surface area contributed by atoms with Crippen LogP contribution in [0.15, 0.2) is 0 Å². The first-order valence-corrected chi connectivity index (χ1v) is 4.44. The number of aliphatic hydroxyl groups is 3. The van der Waals surface area contributed by atoms with E-state index in [1.807, 2.05) is 0 Å². The molecule has 6 heteroatoms. The van der Waals surface area contributed by atoms with Crippen LogP contribution in [-0.2, 0) is 9.53 Å². The molecule has 82 valence electrons. The molecule has 1 aliphatic rings. The molecule has 0 aromatic rings. The van der Waals surface area contributed by atoms with Gasteiger partial charge in [-0.3, -0.25) is 4.79 Å². The number of ether oxygens (including phenoxy) is 1. The number of carbonyl (C=O) groups excluding carboxylic acids is 1. The Morgan fingerprint density at radius 1 is 1.57 bits per heavy atom. The highest BCUT2D eigenvalue weighted by atomic mass is 16.6. The summed E-state index contributed by atoms with van der Waals surface area (Å²) in [4.78, 5) is 10.7. The van der Waals surface area contributed by atoms with Crippen molar-refractivity contribution in [3.8, 4) is 0 Å². The minimum absolute atomic E-state index is 0.173. The third kappa shape index (κ3) is 2.65. The lowest BCUT2D eigenvalue weighted by molar-refractivity contribution is -0.221. The van der Waals surface area contributed by atoms with Crippen LogP contribution in [-0.4, -0.2) is 52.4 Å². The predicted octanol–water partition coefficient (Wildman–Crippen LogP) is -2.05. The molecule has 0 aliphatic carbocycles. The van der Waals surface area contributed by atoms with Crippen molar-refractivity contribution in [2.75, 3.05) is 6.61 Å². The lowest BCUT2D eigenvalue weighted by Gasteiger charge is -2.36. The molecule has 1 fully saturated rings. The molecule has 1 heterocycles. The van der Waals surface area contributed by atoms with Crippen molar-refractivity contribution in [2.45, 2.75) is 37.9 Å². The average Bonchev–Trinajstić information content (AvgIpc) is 2.10. The number of rotatable bonds is 2. The molecule has 2 unspecified atom stereocenters. The Balaban J connectivity index is 2.52. The van der Waals surface area contributed by atoms with Gasteiger partial charge in [-0.05, 0) is 0 Å². The first-order chi connectivity index (χ1) is 6.54. The largest absolute Gasteiger partial charge is 0.394 e. The topological polar surface area (TPSA) is 99.0 Å². The molecule has 4 N–H and O–H groups in total. The first kappa shape index (κ1) is 11.4. The predicted molar refractivity (Wildman–Crippen MR) is 46.2 cm³/mol. The molecule has 6 nitrogen and oxygen atoms in total. The molecule has 0 bridgehead atoms. The van der Waals surface area contributed by atoms with Crippen molar-refractivity contribution in [2.24, 2.45) is 0 Å². The van der Waals surface area contributed by atoms with Crippen LogP contribution in [0.25, 0.3) is 0 Å². The van der Waals surface area contributed by atoms with E-state index in [-0.39, 0.29) is 18.9 Å². The number of carbonyl (C=O) groups is 1. The summed E-state index contributed by atoms with van der Waals surface area (Å²) in [7, 11) is 0. The van der Waals surface area contributed by atoms with Crippen LogP contribution in [0.4, 0.5) is 0 Å². The third-order valence-corrected chi connectivity index (χ3v) is 2.15. The Bertz CT molecular complexity index is 210. The summed E-state index contributed by atoms with van der Waals surface area (Å²) in [5.41, 5.74) is 0. The summed E-state index contributed by atoms with van der Waals surface area (Å²) in [5.74, 6) is -0.299. The second-order valence-corrected chi connectivity index (χ2v) is 3.36. The van der Waals surface area contributed by atoms with Crippen LogP contribution < -0.4 is 5.32 Å². The zero-order valence-electron chi connectivity index (χ0n) is 7.88. The van der Waals surface area contributed by atoms with Gasteiger partial charge < -0.3 is 25.4 Å². The molecule has 1 rings (SSSR count). The molecule has 1 amide bonds. The molecular weight excluding hydrogens is 190 g/mol. The normalized spacial score (nSPS) is 38.0. The Morgan fingerprint density at radius 3 is 2.71 bits per heavy atom. The second-order valence-electron chi connectivity index (χ2n) is 3.36. The van der Waals surface area contributed by atoms with Gasteiger partial charge in [-0.1, -0.05) is 0 Å².